The highest BCUT2D eigenvalue weighted by molar-refractivity contribution is 7.14. The Morgan fingerprint density at radius 3 is 2.55 bits per heavy atom. The van der Waals surface area contributed by atoms with Gasteiger partial charge in [0.15, 0.2) is 6.10 Å². The number of carbonyl (C=O) groups excluding carboxylic acids is 4. The van der Waals surface area contributed by atoms with Crippen molar-refractivity contribution in [1.29, 1.82) is 0 Å². The number of nitrogens with two attached hydrogens (primary N) is 1. The molecule has 0 saturated heterocycles. The van der Waals surface area contributed by atoms with Gasteiger partial charge in [-0.15, -0.1) is 11.3 Å². The molecule has 0 aliphatic rings. The van der Waals surface area contributed by atoms with Gasteiger partial charge in [0.2, 0.25) is 0 Å². The SMILES string of the molecule is CCOc1ccccc1C(=O)NCC(=O)OC(C)C(=O)Nc1sccc1C(N)=O. The summed E-state index contributed by atoms with van der Waals surface area (Å²) in [6.45, 7) is 3.13. The van der Waals surface area contributed by atoms with Gasteiger partial charge in [-0.25, -0.2) is 0 Å². The number of benzene rings is 1. The molecule has 1 heterocycles. The van der Waals surface area contributed by atoms with Crippen LogP contribution in [0.1, 0.15) is 34.6 Å². The van der Waals surface area contributed by atoms with Crippen LogP contribution in [0.5, 0.6) is 5.75 Å². The second-order valence-electron chi connectivity index (χ2n) is 5.76. The topological polar surface area (TPSA) is 137 Å². The van der Waals surface area contributed by atoms with Crippen LogP contribution in [0.2, 0.25) is 0 Å². The van der Waals surface area contributed by atoms with Gasteiger partial charge in [0.25, 0.3) is 17.7 Å². The molecule has 154 valence electrons. The number of ether oxygens (including phenoxy) is 2. The van der Waals surface area contributed by atoms with Gasteiger partial charge in [-0.05, 0) is 37.4 Å². The highest BCUT2D eigenvalue weighted by Crippen LogP contribution is 2.23. The molecule has 0 bridgehead atoms. The third-order valence-corrected chi connectivity index (χ3v) is 4.50. The Bertz CT molecular complexity index is 911. The standard InChI is InChI=1S/C19H21N3O6S/c1-3-27-14-7-5-4-6-12(14)18(26)21-10-15(23)28-11(2)17(25)22-19-13(16(20)24)8-9-29-19/h4-9,11H,3,10H2,1-2H3,(H2,20,24)(H,21,26)(H,22,25). The van der Waals surface area contributed by atoms with Crippen LogP contribution in [0, 0.1) is 0 Å². The van der Waals surface area contributed by atoms with Gasteiger partial charge in [0.1, 0.15) is 17.3 Å². The molecule has 1 aromatic heterocycles. The average Bonchev–Trinajstić information content (AvgIpc) is 3.15. The van der Waals surface area contributed by atoms with Crippen LogP contribution in [0.25, 0.3) is 0 Å². The van der Waals surface area contributed by atoms with Crippen molar-refractivity contribution in [3.8, 4) is 5.75 Å². The van der Waals surface area contributed by atoms with Crippen molar-refractivity contribution < 1.29 is 28.7 Å². The lowest BCUT2D eigenvalue weighted by atomic mass is 10.2. The van der Waals surface area contributed by atoms with Crippen LogP contribution in [0.3, 0.4) is 0 Å². The number of thiophene rings is 1. The first-order valence-electron chi connectivity index (χ1n) is 8.71. The molecule has 2 aromatic rings. The fraction of sp³-hybridized carbons (Fsp3) is 0.263. The number of nitrogens with one attached hydrogen (secondary N) is 2. The van der Waals surface area contributed by atoms with E-state index < -0.39 is 36.3 Å². The van der Waals surface area contributed by atoms with Crippen LogP contribution in [0.15, 0.2) is 35.7 Å². The van der Waals surface area contributed by atoms with Crippen molar-refractivity contribution in [2.75, 3.05) is 18.5 Å². The Morgan fingerprint density at radius 2 is 1.86 bits per heavy atom. The maximum atomic E-state index is 12.3. The molecule has 2 rings (SSSR count). The Kier molecular flexibility index (Phi) is 7.72. The number of para-hydroxylation sites is 1. The highest BCUT2D eigenvalue weighted by atomic mass is 32.1. The van der Waals surface area contributed by atoms with Crippen molar-refractivity contribution in [3.63, 3.8) is 0 Å². The molecular weight excluding hydrogens is 398 g/mol. The van der Waals surface area contributed by atoms with Crippen molar-refractivity contribution in [2.24, 2.45) is 5.73 Å². The Morgan fingerprint density at radius 1 is 1.14 bits per heavy atom. The molecule has 0 aliphatic heterocycles. The molecule has 0 saturated carbocycles. The summed E-state index contributed by atoms with van der Waals surface area (Å²) in [5.41, 5.74) is 5.67. The normalized spacial score (nSPS) is 11.2. The summed E-state index contributed by atoms with van der Waals surface area (Å²) in [5, 5.41) is 6.78. The van der Waals surface area contributed by atoms with E-state index in [0.29, 0.717) is 12.4 Å². The fourth-order valence-corrected chi connectivity index (χ4v) is 3.08. The first-order chi connectivity index (χ1) is 13.8. The summed E-state index contributed by atoms with van der Waals surface area (Å²) < 4.78 is 10.4. The van der Waals surface area contributed by atoms with Gasteiger partial charge >= 0.3 is 5.97 Å². The summed E-state index contributed by atoms with van der Waals surface area (Å²) in [7, 11) is 0. The van der Waals surface area contributed by atoms with Crippen molar-refractivity contribution in [3.05, 3.63) is 46.8 Å². The largest absolute Gasteiger partial charge is 0.493 e. The molecule has 9 nitrogen and oxygen atoms in total. The Labute approximate surface area is 171 Å². The molecule has 1 unspecified atom stereocenters. The lowest BCUT2D eigenvalue weighted by Gasteiger charge is -2.14. The summed E-state index contributed by atoms with van der Waals surface area (Å²) in [4.78, 5) is 47.7. The van der Waals surface area contributed by atoms with E-state index in [-0.39, 0.29) is 16.1 Å². The summed E-state index contributed by atoms with van der Waals surface area (Å²) >= 11 is 1.12. The molecule has 29 heavy (non-hydrogen) atoms. The summed E-state index contributed by atoms with van der Waals surface area (Å²) in [5.74, 6) is -2.21. The van der Waals surface area contributed by atoms with Crippen molar-refractivity contribution in [2.45, 2.75) is 20.0 Å². The van der Waals surface area contributed by atoms with Crippen LogP contribution in [-0.4, -0.2) is 42.9 Å². The Balaban J connectivity index is 1.87. The average molecular weight is 419 g/mol. The number of amides is 3. The Hall–Kier alpha value is -3.40. The number of carbonyl (C=O) groups is 4. The lowest BCUT2D eigenvalue weighted by Crippen LogP contribution is -2.36. The second kappa shape index (κ2) is 10.2. The van der Waals surface area contributed by atoms with E-state index in [1.807, 2.05) is 0 Å². The van der Waals surface area contributed by atoms with E-state index in [1.54, 1.807) is 36.6 Å². The maximum Gasteiger partial charge on any atom is 0.326 e. The van der Waals surface area contributed by atoms with Crippen LogP contribution in [-0.2, 0) is 14.3 Å². The highest BCUT2D eigenvalue weighted by Gasteiger charge is 2.21. The zero-order valence-electron chi connectivity index (χ0n) is 15.9. The number of anilines is 1. The van der Waals surface area contributed by atoms with Gasteiger partial charge in [-0.2, -0.15) is 0 Å². The van der Waals surface area contributed by atoms with E-state index in [9.17, 15) is 19.2 Å². The minimum absolute atomic E-state index is 0.169. The quantitative estimate of drug-likeness (QED) is 0.528. The van der Waals surface area contributed by atoms with Crippen LogP contribution < -0.4 is 21.1 Å². The molecule has 0 aliphatic carbocycles. The molecule has 1 atom stereocenters. The lowest BCUT2D eigenvalue weighted by molar-refractivity contribution is -0.152. The predicted octanol–water partition coefficient (Wildman–Crippen LogP) is 1.55. The minimum atomic E-state index is -1.14. The predicted molar refractivity (Wildman–Crippen MR) is 107 cm³/mol. The number of hydrogen-bond acceptors (Lipinski definition) is 7. The molecule has 0 fully saturated rings. The third kappa shape index (κ3) is 6.04. The molecule has 1 aromatic carbocycles. The van der Waals surface area contributed by atoms with Crippen molar-refractivity contribution >= 4 is 40.0 Å². The number of rotatable bonds is 9. The van der Waals surface area contributed by atoms with Gasteiger partial charge in [0, 0.05) is 0 Å². The second-order valence-corrected chi connectivity index (χ2v) is 6.68. The van der Waals surface area contributed by atoms with Gasteiger partial charge in [-0.3, -0.25) is 19.2 Å². The van der Waals surface area contributed by atoms with Crippen molar-refractivity contribution in [1.82, 2.24) is 5.32 Å². The molecule has 4 N–H and O–H groups in total. The van der Waals surface area contributed by atoms with E-state index >= 15 is 0 Å². The number of hydrogen-bond donors (Lipinski definition) is 3. The van der Waals surface area contributed by atoms with E-state index in [0.717, 1.165) is 11.3 Å². The van der Waals surface area contributed by atoms with E-state index in [1.165, 1.54) is 13.0 Å². The molecule has 3 amide bonds. The maximum absolute atomic E-state index is 12.3. The van der Waals surface area contributed by atoms with Crippen LogP contribution >= 0.6 is 11.3 Å². The zero-order valence-corrected chi connectivity index (χ0v) is 16.7. The molecular formula is C19H21N3O6S. The smallest absolute Gasteiger partial charge is 0.326 e. The molecule has 10 heteroatoms. The molecule has 0 spiro atoms. The van der Waals surface area contributed by atoms with Gasteiger partial charge < -0.3 is 25.8 Å². The van der Waals surface area contributed by atoms with E-state index in [4.69, 9.17) is 15.2 Å². The third-order valence-electron chi connectivity index (χ3n) is 3.67. The van der Waals surface area contributed by atoms with Crippen LogP contribution in [0.4, 0.5) is 5.00 Å². The monoisotopic (exact) mass is 419 g/mol. The van der Waals surface area contributed by atoms with E-state index in [2.05, 4.69) is 10.6 Å². The zero-order chi connectivity index (χ0) is 21.4. The summed E-state index contributed by atoms with van der Waals surface area (Å²) in [6, 6.07) is 8.10. The number of esters is 1. The fourth-order valence-electron chi connectivity index (χ4n) is 2.29. The van der Waals surface area contributed by atoms with Gasteiger partial charge in [0.05, 0.1) is 17.7 Å². The first kappa shape index (κ1) is 21.9. The molecule has 0 radical (unpaired) electrons. The summed E-state index contributed by atoms with van der Waals surface area (Å²) in [6.07, 6.45) is -1.14. The first-order valence-corrected chi connectivity index (χ1v) is 9.59. The minimum Gasteiger partial charge on any atom is -0.493 e. The van der Waals surface area contributed by atoms with Gasteiger partial charge in [-0.1, -0.05) is 12.1 Å². The number of primary amides is 1.